The van der Waals surface area contributed by atoms with E-state index < -0.39 is 0 Å². The molecule has 0 unspecified atom stereocenters. The van der Waals surface area contributed by atoms with Crippen LogP contribution in [0, 0.1) is 6.92 Å². The summed E-state index contributed by atoms with van der Waals surface area (Å²) in [5.41, 5.74) is 3.18. The molecule has 142 valence electrons. The Balaban J connectivity index is 1.61. The van der Waals surface area contributed by atoms with E-state index in [2.05, 4.69) is 11.0 Å². The van der Waals surface area contributed by atoms with Crippen LogP contribution in [0.5, 0.6) is 11.5 Å². The van der Waals surface area contributed by atoms with Crippen LogP contribution in [0.2, 0.25) is 0 Å². The minimum atomic E-state index is 0.0313. The maximum Gasteiger partial charge on any atom is 0.246 e. The predicted octanol–water partition coefficient (Wildman–Crippen LogP) is 3.37. The molecule has 0 bridgehead atoms. The summed E-state index contributed by atoms with van der Waals surface area (Å²) >= 11 is 0. The summed E-state index contributed by atoms with van der Waals surface area (Å²) in [6, 6.07) is 14.0. The first-order valence-corrected chi connectivity index (χ1v) is 9.11. The molecule has 0 saturated carbocycles. The van der Waals surface area contributed by atoms with E-state index in [1.165, 1.54) is 0 Å². The molecule has 3 rings (SSSR count). The molecule has 2 aromatic rings. The summed E-state index contributed by atoms with van der Waals surface area (Å²) in [5.74, 6) is 1.65. The van der Waals surface area contributed by atoms with Crippen LogP contribution in [0.25, 0.3) is 6.08 Å². The highest BCUT2D eigenvalue weighted by molar-refractivity contribution is 5.92. The van der Waals surface area contributed by atoms with Gasteiger partial charge in [-0.2, -0.15) is 0 Å². The van der Waals surface area contributed by atoms with E-state index in [0.717, 1.165) is 41.4 Å². The van der Waals surface area contributed by atoms with Crippen LogP contribution in [-0.4, -0.2) is 51.2 Å². The zero-order valence-electron chi connectivity index (χ0n) is 16.1. The third-order valence-corrected chi connectivity index (χ3v) is 4.80. The Hall–Kier alpha value is -2.95. The van der Waals surface area contributed by atoms with E-state index in [9.17, 15) is 4.79 Å². The monoisotopic (exact) mass is 366 g/mol. The van der Waals surface area contributed by atoms with E-state index in [1.807, 2.05) is 54.3 Å². The lowest BCUT2D eigenvalue weighted by atomic mass is 10.1. The van der Waals surface area contributed by atoms with Gasteiger partial charge in [0.25, 0.3) is 0 Å². The molecule has 0 radical (unpaired) electrons. The quantitative estimate of drug-likeness (QED) is 0.761. The van der Waals surface area contributed by atoms with Gasteiger partial charge in [0, 0.05) is 49.6 Å². The topological polar surface area (TPSA) is 42.0 Å². The molecule has 2 aromatic carbocycles. The third-order valence-electron chi connectivity index (χ3n) is 4.80. The molecule has 0 aliphatic carbocycles. The summed E-state index contributed by atoms with van der Waals surface area (Å²) in [6.45, 7) is 5.04. The highest BCUT2D eigenvalue weighted by Gasteiger charge is 2.20. The molecule has 1 fully saturated rings. The van der Waals surface area contributed by atoms with Crippen LogP contribution in [0.1, 0.15) is 11.1 Å². The highest BCUT2D eigenvalue weighted by atomic mass is 16.5. The highest BCUT2D eigenvalue weighted by Crippen LogP contribution is 2.23. The second-order valence-corrected chi connectivity index (χ2v) is 6.59. The van der Waals surface area contributed by atoms with Crippen molar-refractivity contribution >= 4 is 17.7 Å². The number of rotatable bonds is 5. The number of methoxy groups -OCH3 is 2. The van der Waals surface area contributed by atoms with Crippen molar-refractivity contribution in [2.75, 3.05) is 45.3 Å². The van der Waals surface area contributed by atoms with E-state index >= 15 is 0 Å². The zero-order valence-corrected chi connectivity index (χ0v) is 16.1. The van der Waals surface area contributed by atoms with Gasteiger partial charge in [0.15, 0.2) is 0 Å². The molecule has 1 aliphatic heterocycles. The number of ether oxygens (including phenoxy) is 2. The Morgan fingerprint density at radius 3 is 2.48 bits per heavy atom. The molecule has 0 atom stereocenters. The standard InChI is InChI=1S/C22H26N2O3/c1-17-7-9-21(27-3)18(15-17)8-10-22(25)24-13-11-23(12-14-24)19-5-4-6-20(16-19)26-2/h4-10,15-16H,11-14H2,1-3H3/b10-8+. The van der Waals surface area contributed by atoms with Crippen LogP contribution < -0.4 is 14.4 Å². The number of hydrogen-bond acceptors (Lipinski definition) is 4. The van der Waals surface area contributed by atoms with Gasteiger partial charge < -0.3 is 19.3 Å². The smallest absolute Gasteiger partial charge is 0.246 e. The van der Waals surface area contributed by atoms with E-state index in [-0.39, 0.29) is 5.91 Å². The number of carbonyl (C=O) groups is 1. The van der Waals surface area contributed by atoms with Gasteiger partial charge in [0.05, 0.1) is 14.2 Å². The van der Waals surface area contributed by atoms with Crippen LogP contribution >= 0.6 is 0 Å². The molecular weight excluding hydrogens is 340 g/mol. The molecule has 0 spiro atoms. The van der Waals surface area contributed by atoms with Gasteiger partial charge in [-0.05, 0) is 37.3 Å². The lowest BCUT2D eigenvalue weighted by molar-refractivity contribution is -0.126. The van der Waals surface area contributed by atoms with Gasteiger partial charge >= 0.3 is 0 Å². The summed E-state index contributed by atoms with van der Waals surface area (Å²) in [7, 11) is 3.31. The average molecular weight is 366 g/mol. The minimum absolute atomic E-state index is 0.0313. The Morgan fingerprint density at radius 2 is 1.78 bits per heavy atom. The van der Waals surface area contributed by atoms with Crippen molar-refractivity contribution in [2.24, 2.45) is 0 Å². The van der Waals surface area contributed by atoms with Crippen molar-refractivity contribution in [3.05, 3.63) is 59.7 Å². The van der Waals surface area contributed by atoms with Crippen LogP contribution in [-0.2, 0) is 4.79 Å². The molecular formula is C22H26N2O3. The average Bonchev–Trinajstić information content (AvgIpc) is 2.72. The van der Waals surface area contributed by atoms with E-state index in [0.29, 0.717) is 13.1 Å². The fourth-order valence-electron chi connectivity index (χ4n) is 3.24. The van der Waals surface area contributed by atoms with Crippen LogP contribution in [0.3, 0.4) is 0 Å². The molecule has 27 heavy (non-hydrogen) atoms. The first kappa shape index (κ1) is 18.8. The van der Waals surface area contributed by atoms with Gasteiger partial charge in [0.1, 0.15) is 11.5 Å². The Morgan fingerprint density at radius 1 is 1.00 bits per heavy atom. The Labute approximate surface area is 160 Å². The first-order chi connectivity index (χ1) is 13.1. The molecule has 0 N–H and O–H groups in total. The molecule has 1 saturated heterocycles. The lowest BCUT2D eigenvalue weighted by Crippen LogP contribution is -2.48. The zero-order chi connectivity index (χ0) is 19.2. The number of piperazine rings is 1. The molecule has 5 heteroatoms. The summed E-state index contributed by atoms with van der Waals surface area (Å²) < 4.78 is 10.7. The van der Waals surface area contributed by atoms with Crippen LogP contribution in [0.15, 0.2) is 48.5 Å². The van der Waals surface area contributed by atoms with E-state index in [1.54, 1.807) is 20.3 Å². The number of nitrogens with zero attached hydrogens (tertiary/aromatic N) is 2. The summed E-state index contributed by atoms with van der Waals surface area (Å²) in [6.07, 6.45) is 3.47. The van der Waals surface area contributed by atoms with Gasteiger partial charge in [-0.1, -0.05) is 17.7 Å². The Bertz CT molecular complexity index is 824. The fraction of sp³-hybridized carbons (Fsp3) is 0.318. The van der Waals surface area contributed by atoms with Crippen LogP contribution in [0.4, 0.5) is 5.69 Å². The van der Waals surface area contributed by atoms with Crippen molar-refractivity contribution in [2.45, 2.75) is 6.92 Å². The SMILES string of the molecule is COc1cccc(N2CCN(C(=O)/C=C/c3cc(C)ccc3OC)CC2)c1. The third kappa shape index (κ3) is 4.61. The second kappa shape index (κ2) is 8.62. The maximum absolute atomic E-state index is 12.6. The van der Waals surface area contributed by atoms with Crippen molar-refractivity contribution in [1.82, 2.24) is 4.90 Å². The summed E-state index contributed by atoms with van der Waals surface area (Å²) in [5, 5.41) is 0. The van der Waals surface area contributed by atoms with Crippen molar-refractivity contribution < 1.29 is 14.3 Å². The number of anilines is 1. The normalized spacial score (nSPS) is 14.5. The molecule has 1 aliphatic rings. The van der Waals surface area contributed by atoms with Gasteiger partial charge in [-0.3, -0.25) is 4.79 Å². The number of aryl methyl sites for hydroxylation is 1. The minimum Gasteiger partial charge on any atom is -0.497 e. The lowest BCUT2D eigenvalue weighted by Gasteiger charge is -2.35. The van der Waals surface area contributed by atoms with Crippen molar-refractivity contribution in [1.29, 1.82) is 0 Å². The number of amides is 1. The number of carbonyl (C=O) groups excluding carboxylic acids is 1. The van der Waals surface area contributed by atoms with Crippen molar-refractivity contribution in [3.63, 3.8) is 0 Å². The summed E-state index contributed by atoms with van der Waals surface area (Å²) in [4.78, 5) is 16.7. The largest absolute Gasteiger partial charge is 0.497 e. The van der Waals surface area contributed by atoms with E-state index in [4.69, 9.17) is 9.47 Å². The second-order valence-electron chi connectivity index (χ2n) is 6.59. The van der Waals surface area contributed by atoms with Crippen molar-refractivity contribution in [3.8, 4) is 11.5 Å². The maximum atomic E-state index is 12.6. The molecule has 1 heterocycles. The van der Waals surface area contributed by atoms with Gasteiger partial charge in [0.2, 0.25) is 5.91 Å². The Kier molecular flexibility index (Phi) is 6.01. The molecule has 0 aromatic heterocycles. The first-order valence-electron chi connectivity index (χ1n) is 9.11. The number of benzene rings is 2. The molecule has 5 nitrogen and oxygen atoms in total. The molecule has 1 amide bonds. The van der Waals surface area contributed by atoms with Gasteiger partial charge in [-0.25, -0.2) is 0 Å². The fourth-order valence-corrected chi connectivity index (χ4v) is 3.24. The van der Waals surface area contributed by atoms with Gasteiger partial charge in [-0.15, -0.1) is 0 Å². The predicted molar refractivity (Wildman–Crippen MR) is 109 cm³/mol. The number of hydrogen-bond donors (Lipinski definition) is 0.